The topological polar surface area (TPSA) is 98.3 Å². The predicted molar refractivity (Wildman–Crippen MR) is 131 cm³/mol. The number of anilines is 2. The number of nitrogens with zero attached hydrogens (tertiary/aromatic N) is 3. The van der Waals surface area contributed by atoms with Crippen molar-refractivity contribution in [2.24, 2.45) is 5.92 Å². The summed E-state index contributed by atoms with van der Waals surface area (Å²) < 4.78 is 11.1. The van der Waals surface area contributed by atoms with Gasteiger partial charge < -0.3 is 14.8 Å². The molecule has 0 aliphatic carbocycles. The quantitative estimate of drug-likeness (QED) is 0.341. The van der Waals surface area contributed by atoms with Crippen molar-refractivity contribution in [2.45, 2.75) is 20.3 Å². The Bertz CT molecular complexity index is 1260. The Morgan fingerprint density at radius 2 is 1.94 bits per heavy atom. The van der Waals surface area contributed by atoms with Crippen LogP contribution < -0.4 is 20.1 Å². The number of ether oxygens (including phenoxy) is 2. The first-order valence-electron chi connectivity index (χ1n) is 10.6. The van der Waals surface area contributed by atoms with E-state index in [2.05, 4.69) is 39.4 Å². The number of urea groups is 1. The number of hydrogen-bond acceptors (Lipinski definition) is 7. The van der Waals surface area contributed by atoms with Crippen molar-refractivity contribution < 1.29 is 14.3 Å². The molecule has 4 rings (SSSR count). The fourth-order valence-corrected chi connectivity index (χ4v) is 3.89. The molecule has 0 fully saturated rings. The second kappa shape index (κ2) is 10.3. The van der Waals surface area contributed by atoms with Gasteiger partial charge in [-0.1, -0.05) is 37.3 Å². The summed E-state index contributed by atoms with van der Waals surface area (Å²) in [7, 11) is 1.60. The third kappa shape index (κ3) is 5.75. The van der Waals surface area contributed by atoms with Crippen molar-refractivity contribution in [1.29, 1.82) is 0 Å². The number of fused-ring (bicyclic) bond motifs is 1. The zero-order valence-electron chi connectivity index (χ0n) is 18.7. The lowest BCUT2D eigenvalue weighted by molar-refractivity contribution is 0.261. The fraction of sp³-hybridized carbons (Fsp3) is 0.250. The number of methoxy groups -OCH3 is 1. The molecule has 0 unspecified atom stereocenters. The molecular formula is C24H25N5O3S. The molecule has 4 aromatic rings. The summed E-state index contributed by atoms with van der Waals surface area (Å²) in [6, 6.07) is 12.6. The van der Waals surface area contributed by atoms with E-state index in [1.165, 1.54) is 11.3 Å². The van der Waals surface area contributed by atoms with Crippen molar-refractivity contribution in [3.05, 3.63) is 54.9 Å². The van der Waals surface area contributed by atoms with Gasteiger partial charge in [-0.25, -0.2) is 14.8 Å². The first-order valence-corrected chi connectivity index (χ1v) is 11.4. The van der Waals surface area contributed by atoms with Gasteiger partial charge in [0.15, 0.2) is 5.13 Å². The van der Waals surface area contributed by atoms with E-state index >= 15 is 0 Å². The molecule has 0 aliphatic heterocycles. The molecule has 0 atom stereocenters. The second-order valence-electron chi connectivity index (χ2n) is 7.76. The Morgan fingerprint density at radius 3 is 2.76 bits per heavy atom. The zero-order valence-corrected chi connectivity index (χ0v) is 19.5. The predicted octanol–water partition coefficient (Wildman–Crippen LogP) is 5.83. The van der Waals surface area contributed by atoms with Gasteiger partial charge in [-0.05, 0) is 42.7 Å². The molecule has 2 N–H and O–H groups in total. The molecule has 170 valence electrons. The van der Waals surface area contributed by atoms with Crippen LogP contribution in [0.1, 0.15) is 20.3 Å². The molecule has 0 aliphatic rings. The van der Waals surface area contributed by atoms with E-state index in [9.17, 15) is 4.79 Å². The smallest absolute Gasteiger partial charge is 0.325 e. The van der Waals surface area contributed by atoms with Crippen LogP contribution in [0.25, 0.3) is 21.6 Å². The molecule has 0 radical (unpaired) electrons. The van der Waals surface area contributed by atoms with E-state index in [-0.39, 0.29) is 0 Å². The zero-order chi connectivity index (χ0) is 23.2. The van der Waals surface area contributed by atoms with Gasteiger partial charge in [-0.3, -0.25) is 10.3 Å². The van der Waals surface area contributed by atoms with Crippen molar-refractivity contribution in [3.8, 4) is 22.8 Å². The maximum absolute atomic E-state index is 12.6. The van der Waals surface area contributed by atoms with Gasteiger partial charge in [0, 0.05) is 11.8 Å². The number of pyridine rings is 2. The van der Waals surface area contributed by atoms with Crippen molar-refractivity contribution in [1.82, 2.24) is 15.0 Å². The Morgan fingerprint density at radius 1 is 1.09 bits per heavy atom. The number of aromatic nitrogens is 3. The Labute approximate surface area is 196 Å². The van der Waals surface area contributed by atoms with Gasteiger partial charge in [0.1, 0.15) is 21.8 Å². The Kier molecular flexibility index (Phi) is 6.99. The fourth-order valence-electron chi connectivity index (χ4n) is 3.05. The van der Waals surface area contributed by atoms with Gasteiger partial charge in [-0.15, -0.1) is 0 Å². The largest absolute Gasteiger partial charge is 0.495 e. The number of nitrogens with one attached hydrogen (secondary N) is 2. The van der Waals surface area contributed by atoms with Gasteiger partial charge in [0.2, 0.25) is 0 Å². The summed E-state index contributed by atoms with van der Waals surface area (Å²) >= 11 is 1.30. The molecule has 9 heteroatoms. The number of rotatable bonds is 8. The van der Waals surface area contributed by atoms with Crippen LogP contribution in [0.3, 0.4) is 0 Å². The molecule has 2 amide bonds. The normalized spacial score (nSPS) is 10.9. The van der Waals surface area contributed by atoms with Crippen LogP contribution in [0.4, 0.5) is 15.6 Å². The minimum absolute atomic E-state index is 0.397. The Balaban J connectivity index is 1.45. The number of amides is 2. The van der Waals surface area contributed by atoms with Crippen molar-refractivity contribution >= 4 is 38.5 Å². The number of carbonyl (C=O) groups is 1. The first kappa shape index (κ1) is 22.5. The summed E-state index contributed by atoms with van der Waals surface area (Å²) in [5.41, 5.74) is 2.89. The van der Waals surface area contributed by atoms with E-state index in [1.807, 2.05) is 36.4 Å². The number of carbonyl (C=O) groups excluding carboxylic acids is 1. The van der Waals surface area contributed by atoms with Crippen LogP contribution in [0.5, 0.6) is 11.5 Å². The van der Waals surface area contributed by atoms with E-state index in [1.54, 1.807) is 25.6 Å². The molecule has 1 aromatic carbocycles. The summed E-state index contributed by atoms with van der Waals surface area (Å²) in [5, 5.41) is 6.08. The summed E-state index contributed by atoms with van der Waals surface area (Å²) in [6.07, 6.45) is 4.31. The lowest BCUT2D eigenvalue weighted by atomic mass is 10.1. The molecule has 0 bridgehead atoms. The lowest BCUT2D eigenvalue weighted by Gasteiger charge is -2.13. The van der Waals surface area contributed by atoms with E-state index in [4.69, 9.17) is 9.47 Å². The Hall–Kier alpha value is -3.72. The van der Waals surface area contributed by atoms with Crippen molar-refractivity contribution in [2.75, 3.05) is 24.4 Å². The van der Waals surface area contributed by atoms with E-state index < -0.39 is 6.03 Å². The highest BCUT2D eigenvalue weighted by molar-refractivity contribution is 7.22. The minimum atomic E-state index is -0.397. The standard InChI is InChI=1S/C24H25N5O3S/c1-15(2)10-11-32-21-7-5-4-6-19(21)27-23(30)29-24-28-20-9-8-18(26-22(20)33-24)16-12-17(31-3)14-25-13-16/h4-9,12-15H,10-11H2,1-3H3,(H2,27,28,29,30). The second-order valence-corrected chi connectivity index (χ2v) is 8.74. The maximum Gasteiger partial charge on any atom is 0.325 e. The molecular weight excluding hydrogens is 438 g/mol. The van der Waals surface area contributed by atoms with Gasteiger partial charge in [-0.2, -0.15) is 0 Å². The highest BCUT2D eigenvalue weighted by Gasteiger charge is 2.13. The van der Waals surface area contributed by atoms with Gasteiger partial charge in [0.05, 0.1) is 31.3 Å². The highest BCUT2D eigenvalue weighted by Crippen LogP contribution is 2.29. The molecule has 0 saturated heterocycles. The molecule has 0 saturated carbocycles. The average Bonchev–Trinajstić information content (AvgIpc) is 3.21. The number of benzene rings is 1. The number of para-hydroxylation sites is 2. The van der Waals surface area contributed by atoms with Crippen LogP contribution in [0, 0.1) is 5.92 Å². The van der Waals surface area contributed by atoms with Crippen LogP contribution in [-0.4, -0.2) is 34.7 Å². The van der Waals surface area contributed by atoms with Crippen LogP contribution in [0.15, 0.2) is 54.9 Å². The first-order chi connectivity index (χ1) is 16.0. The van der Waals surface area contributed by atoms with Crippen molar-refractivity contribution in [3.63, 3.8) is 0 Å². The van der Waals surface area contributed by atoms with E-state index in [0.717, 1.165) is 17.7 Å². The van der Waals surface area contributed by atoms with Crippen LogP contribution in [-0.2, 0) is 0 Å². The third-order valence-corrected chi connectivity index (χ3v) is 5.69. The molecule has 0 spiro atoms. The van der Waals surface area contributed by atoms with Crippen LogP contribution in [0.2, 0.25) is 0 Å². The molecule has 33 heavy (non-hydrogen) atoms. The van der Waals surface area contributed by atoms with Crippen LogP contribution >= 0.6 is 11.3 Å². The SMILES string of the molecule is COc1cncc(-c2ccc3nc(NC(=O)Nc4ccccc4OCCC(C)C)sc3n2)c1. The number of thiazole rings is 1. The van der Waals surface area contributed by atoms with Gasteiger partial charge >= 0.3 is 6.03 Å². The highest BCUT2D eigenvalue weighted by atomic mass is 32.1. The summed E-state index contributed by atoms with van der Waals surface area (Å²) in [5.74, 6) is 1.84. The third-order valence-electron chi connectivity index (χ3n) is 4.81. The molecule has 3 aromatic heterocycles. The van der Waals surface area contributed by atoms with Gasteiger partial charge in [0.25, 0.3) is 0 Å². The summed E-state index contributed by atoms with van der Waals surface area (Å²) in [4.78, 5) is 26.6. The molecule has 3 heterocycles. The maximum atomic E-state index is 12.6. The molecule has 8 nitrogen and oxygen atoms in total. The average molecular weight is 464 g/mol. The lowest BCUT2D eigenvalue weighted by Crippen LogP contribution is -2.19. The minimum Gasteiger partial charge on any atom is -0.495 e. The van der Waals surface area contributed by atoms with E-state index in [0.29, 0.717) is 45.2 Å². The summed E-state index contributed by atoms with van der Waals surface area (Å²) in [6.45, 7) is 4.88. The monoisotopic (exact) mass is 463 g/mol. The number of hydrogen-bond donors (Lipinski definition) is 2.